The number of benzene rings is 2. The molecule has 27 heavy (non-hydrogen) atoms. The summed E-state index contributed by atoms with van der Waals surface area (Å²) in [6.45, 7) is 1.73. The highest BCUT2D eigenvalue weighted by atomic mass is 35.5. The minimum absolute atomic E-state index is 0.310. The number of carbonyl (C=O) groups is 2. The summed E-state index contributed by atoms with van der Waals surface area (Å²) in [5.74, 6) is -1.93. The third-order valence-electron chi connectivity index (χ3n) is 3.56. The van der Waals surface area contributed by atoms with Gasteiger partial charge in [0.25, 0.3) is 11.8 Å². The fourth-order valence-electron chi connectivity index (χ4n) is 2.08. The maximum Gasteiger partial charge on any atom is 0.252 e. The quantitative estimate of drug-likeness (QED) is 0.419. The van der Waals surface area contributed by atoms with Crippen molar-refractivity contribution in [2.75, 3.05) is 0 Å². The van der Waals surface area contributed by atoms with Gasteiger partial charge >= 0.3 is 0 Å². The molecule has 0 spiro atoms. The average Bonchev–Trinajstić information content (AvgIpc) is 2.65. The zero-order valence-corrected chi connectivity index (χ0v) is 16.0. The summed E-state index contributed by atoms with van der Waals surface area (Å²) in [6, 6.07) is 13.9. The molecule has 0 unspecified atom stereocenters. The molecule has 0 saturated carbocycles. The highest BCUT2D eigenvalue weighted by molar-refractivity contribution is 6.30. The van der Waals surface area contributed by atoms with Gasteiger partial charge in [0, 0.05) is 10.0 Å². The van der Waals surface area contributed by atoms with Crippen molar-refractivity contribution in [3.63, 3.8) is 0 Å². The summed E-state index contributed by atoms with van der Waals surface area (Å²) in [6.07, 6.45) is 3.25. The summed E-state index contributed by atoms with van der Waals surface area (Å²) in [5, 5.41) is 8.94. The van der Waals surface area contributed by atoms with E-state index in [2.05, 4.69) is 21.1 Å². The average molecular weight is 405 g/mol. The number of halogens is 2. The van der Waals surface area contributed by atoms with Gasteiger partial charge < -0.3 is 0 Å². The van der Waals surface area contributed by atoms with Crippen molar-refractivity contribution in [1.82, 2.24) is 10.9 Å². The third kappa shape index (κ3) is 6.84. The molecular weight excluding hydrogens is 387 g/mol. The Labute approximate surface area is 167 Å². The van der Waals surface area contributed by atoms with Gasteiger partial charge in [0.05, 0.1) is 12.4 Å². The van der Waals surface area contributed by atoms with Crippen LogP contribution in [0, 0.1) is 5.92 Å². The molecule has 8 heteroatoms. The smallest absolute Gasteiger partial charge is 0.252 e. The van der Waals surface area contributed by atoms with E-state index in [0.717, 1.165) is 11.1 Å². The number of nitrogens with one attached hydrogen (secondary N) is 2. The van der Waals surface area contributed by atoms with Gasteiger partial charge in [-0.15, -0.1) is 0 Å². The van der Waals surface area contributed by atoms with E-state index in [1.807, 2.05) is 0 Å². The fraction of sp³-hybridized carbons (Fsp3) is 0.158. The first-order valence-corrected chi connectivity index (χ1v) is 8.92. The first-order valence-electron chi connectivity index (χ1n) is 8.16. The third-order valence-corrected chi connectivity index (χ3v) is 4.06. The Morgan fingerprint density at radius 1 is 0.852 bits per heavy atom. The number of hydrogen-bond donors (Lipinski definition) is 2. The molecule has 0 bridgehead atoms. The Balaban J connectivity index is 1.87. The van der Waals surface area contributed by atoms with Crippen LogP contribution < -0.4 is 10.9 Å². The van der Waals surface area contributed by atoms with Gasteiger partial charge in [0.2, 0.25) is 0 Å². The van der Waals surface area contributed by atoms with Crippen LogP contribution in [-0.4, -0.2) is 24.2 Å². The molecule has 0 aliphatic rings. The number of carbonyl (C=O) groups excluding carboxylic acids is 2. The van der Waals surface area contributed by atoms with Crippen molar-refractivity contribution >= 4 is 47.4 Å². The van der Waals surface area contributed by atoms with E-state index in [0.29, 0.717) is 16.5 Å². The second-order valence-electron chi connectivity index (χ2n) is 5.53. The van der Waals surface area contributed by atoms with E-state index in [4.69, 9.17) is 23.2 Å². The Morgan fingerprint density at radius 3 is 1.56 bits per heavy atom. The Hall–Kier alpha value is -2.70. The molecule has 0 aliphatic heterocycles. The van der Waals surface area contributed by atoms with E-state index >= 15 is 0 Å². The molecule has 2 N–H and O–H groups in total. The van der Waals surface area contributed by atoms with Gasteiger partial charge in [0.1, 0.15) is 5.92 Å². The molecule has 0 aromatic heterocycles. The van der Waals surface area contributed by atoms with Gasteiger partial charge in [-0.25, -0.2) is 10.9 Å². The largest absolute Gasteiger partial charge is 0.272 e. The maximum atomic E-state index is 12.2. The molecule has 0 atom stereocenters. The van der Waals surface area contributed by atoms with Crippen molar-refractivity contribution in [3.05, 3.63) is 69.7 Å². The Morgan fingerprint density at radius 2 is 1.22 bits per heavy atom. The van der Waals surface area contributed by atoms with Gasteiger partial charge in [0.15, 0.2) is 0 Å². The van der Waals surface area contributed by atoms with Gasteiger partial charge in [-0.05, 0) is 41.8 Å². The Kier molecular flexibility index (Phi) is 7.98. The number of hydrogen-bond acceptors (Lipinski definition) is 4. The minimum atomic E-state index is -0.908. The lowest BCUT2D eigenvalue weighted by Gasteiger charge is -2.10. The van der Waals surface area contributed by atoms with Crippen molar-refractivity contribution in [2.24, 2.45) is 16.1 Å². The van der Waals surface area contributed by atoms with E-state index in [1.165, 1.54) is 12.4 Å². The molecule has 0 aliphatic carbocycles. The van der Waals surface area contributed by atoms with E-state index < -0.39 is 17.7 Å². The van der Waals surface area contributed by atoms with Crippen LogP contribution in [0.5, 0.6) is 0 Å². The molecule has 2 aromatic carbocycles. The zero-order chi connectivity index (χ0) is 19.6. The molecular formula is C19H18Cl2N4O2. The van der Waals surface area contributed by atoms with Crippen LogP contribution in [0.15, 0.2) is 58.7 Å². The van der Waals surface area contributed by atoms with Crippen LogP contribution >= 0.6 is 23.2 Å². The number of hydrazone groups is 2. The summed E-state index contributed by atoms with van der Waals surface area (Å²) < 4.78 is 0. The van der Waals surface area contributed by atoms with Gasteiger partial charge in [-0.3, -0.25) is 9.59 Å². The second-order valence-corrected chi connectivity index (χ2v) is 6.41. The van der Waals surface area contributed by atoms with E-state index in [-0.39, 0.29) is 0 Å². The van der Waals surface area contributed by atoms with Crippen LogP contribution in [0.4, 0.5) is 0 Å². The molecule has 0 radical (unpaired) electrons. The molecule has 0 fully saturated rings. The van der Waals surface area contributed by atoms with Crippen molar-refractivity contribution in [3.8, 4) is 0 Å². The molecule has 0 saturated heterocycles. The first kappa shape index (κ1) is 20.6. The van der Waals surface area contributed by atoms with Gasteiger partial charge in [-0.1, -0.05) is 54.4 Å². The van der Waals surface area contributed by atoms with Crippen molar-refractivity contribution in [2.45, 2.75) is 13.3 Å². The maximum absolute atomic E-state index is 12.2. The van der Waals surface area contributed by atoms with Gasteiger partial charge in [-0.2, -0.15) is 10.2 Å². The lowest BCUT2D eigenvalue weighted by atomic mass is 10.1. The van der Waals surface area contributed by atoms with Crippen LogP contribution in [-0.2, 0) is 9.59 Å². The summed E-state index contributed by atoms with van der Waals surface area (Å²) in [4.78, 5) is 24.3. The first-order chi connectivity index (χ1) is 13.0. The highest BCUT2D eigenvalue weighted by Gasteiger charge is 2.24. The number of nitrogens with zero attached hydrogens (tertiary/aromatic N) is 2. The second kappa shape index (κ2) is 10.4. The van der Waals surface area contributed by atoms with Crippen LogP contribution in [0.1, 0.15) is 24.5 Å². The molecule has 0 heterocycles. The normalized spacial score (nSPS) is 11.3. The highest BCUT2D eigenvalue weighted by Crippen LogP contribution is 2.09. The summed E-state index contributed by atoms with van der Waals surface area (Å²) in [7, 11) is 0. The predicted molar refractivity (Wildman–Crippen MR) is 108 cm³/mol. The van der Waals surface area contributed by atoms with Crippen LogP contribution in [0.2, 0.25) is 10.0 Å². The monoisotopic (exact) mass is 404 g/mol. The molecule has 2 rings (SSSR count). The minimum Gasteiger partial charge on any atom is -0.272 e. The zero-order valence-electron chi connectivity index (χ0n) is 14.5. The van der Waals surface area contributed by atoms with Crippen molar-refractivity contribution < 1.29 is 9.59 Å². The lowest BCUT2D eigenvalue weighted by Crippen LogP contribution is -2.37. The predicted octanol–water partition coefficient (Wildman–Crippen LogP) is 3.62. The lowest BCUT2D eigenvalue weighted by molar-refractivity contribution is -0.135. The SMILES string of the molecule is CCC(C(=O)N/N=C\c1ccc(Cl)cc1)C(=O)N/N=C\c1ccc(Cl)cc1. The molecule has 6 nitrogen and oxygen atoms in total. The summed E-state index contributed by atoms with van der Waals surface area (Å²) in [5.41, 5.74) is 6.26. The topological polar surface area (TPSA) is 82.9 Å². The molecule has 2 amide bonds. The fourth-order valence-corrected chi connectivity index (χ4v) is 2.34. The Bertz CT molecular complexity index is 764. The molecule has 140 valence electrons. The van der Waals surface area contributed by atoms with E-state index in [1.54, 1.807) is 55.5 Å². The number of amides is 2. The van der Waals surface area contributed by atoms with Crippen molar-refractivity contribution in [1.29, 1.82) is 0 Å². The summed E-state index contributed by atoms with van der Waals surface area (Å²) >= 11 is 11.6. The molecule has 2 aromatic rings. The van der Waals surface area contributed by atoms with E-state index in [9.17, 15) is 9.59 Å². The number of rotatable bonds is 7. The van der Waals surface area contributed by atoms with Crippen LogP contribution in [0.3, 0.4) is 0 Å². The standard InChI is InChI=1S/C19H18Cl2N4O2/c1-2-17(18(26)24-22-11-13-3-7-15(20)8-4-13)19(27)25-23-12-14-5-9-16(21)10-6-14/h3-12,17H,2H2,1H3,(H,24,26)(H,25,27)/b22-11-,23-12-. The van der Waals surface area contributed by atoms with Crippen LogP contribution in [0.25, 0.3) is 0 Å².